The van der Waals surface area contributed by atoms with Crippen molar-refractivity contribution in [1.29, 1.82) is 0 Å². The fourth-order valence-corrected chi connectivity index (χ4v) is 2.52. The molecule has 4 nitrogen and oxygen atoms in total. The van der Waals surface area contributed by atoms with Gasteiger partial charge in [-0.25, -0.2) is 8.78 Å². The third-order valence-electron chi connectivity index (χ3n) is 3.83. The van der Waals surface area contributed by atoms with Gasteiger partial charge in [0.1, 0.15) is 17.2 Å². The number of hydrogen-bond donors (Lipinski definition) is 2. The molecule has 0 radical (unpaired) electrons. The molecule has 1 fully saturated rings. The topological polar surface area (TPSA) is 52.6 Å². The number of carboxylic acid groups (broad SMARTS) is 1. The van der Waals surface area contributed by atoms with Gasteiger partial charge in [0.05, 0.1) is 0 Å². The van der Waals surface area contributed by atoms with E-state index in [-0.39, 0.29) is 12.0 Å². The van der Waals surface area contributed by atoms with Crippen molar-refractivity contribution in [1.82, 2.24) is 10.2 Å². The van der Waals surface area contributed by atoms with Crippen molar-refractivity contribution >= 4 is 5.97 Å². The summed E-state index contributed by atoms with van der Waals surface area (Å²) in [6, 6.07) is 3.25. The van der Waals surface area contributed by atoms with Crippen molar-refractivity contribution in [2.75, 3.05) is 26.2 Å². The highest BCUT2D eigenvalue weighted by Gasteiger charge is 2.40. The van der Waals surface area contributed by atoms with Gasteiger partial charge in [-0.15, -0.1) is 0 Å². The molecule has 1 aliphatic rings. The number of halogens is 2. The number of nitrogens with zero attached hydrogens (tertiary/aromatic N) is 1. The van der Waals surface area contributed by atoms with Crippen molar-refractivity contribution < 1.29 is 18.7 Å². The molecule has 1 aliphatic heterocycles. The number of carbonyl (C=O) groups is 1. The number of carboxylic acids is 1. The van der Waals surface area contributed by atoms with E-state index in [0.29, 0.717) is 26.2 Å². The molecule has 1 atom stereocenters. The molecule has 1 unspecified atom stereocenters. The Balaban J connectivity index is 2.26. The maximum atomic E-state index is 13.7. The monoisotopic (exact) mass is 284 g/mol. The lowest BCUT2D eigenvalue weighted by atomic mass is 9.90. The second kappa shape index (κ2) is 5.85. The Labute approximate surface area is 116 Å². The van der Waals surface area contributed by atoms with E-state index in [2.05, 4.69) is 5.32 Å². The van der Waals surface area contributed by atoms with Crippen LogP contribution in [-0.4, -0.2) is 47.7 Å². The fourth-order valence-electron chi connectivity index (χ4n) is 2.52. The summed E-state index contributed by atoms with van der Waals surface area (Å²) in [6.45, 7) is 4.17. The van der Waals surface area contributed by atoms with Gasteiger partial charge in [-0.2, -0.15) is 0 Å². The summed E-state index contributed by atoms with van der Waals surface area (Å²) in [4.78, 5) is 13.5. The van der Waals surface area contributed by atoms with Gasteiger partial charge in [0.2, 0.25) is 0 Å². The van der Waals surface area contributed by atoms with Crippen LogP contribution in [0.2, 0.25) is 0 Å². The second-order valence-electron chi connectivity index (χ2n) is 5.23. The van der Waals surface area contributed by atoms with E-state index in [1.807, 2.05) is 4.90 Å². The predicted molar refractivity (Wildman–Crippen MR) is 70.5 cm³/mol. The molecule has 1 aromatic carbocycles. The first-order valence-corrected chi connectivity index (χ1v) is 6.56. The summed E-state index contributed by atoms with van der Waals surface area (Å²) in [7, 11) is 0. The zero-order chi connectivity index (χ0) is 14.8. The van der Waals surface area contributed by atoms with Crippen molar-refractivity contribution in [3.63, 3.8) is 0 Å². The summed E-state index contributed by atoms with van der Waals surface area (Å²) >= 11 is 0. The van der Waals surface area contributed by atoms with Gasteiger partial charge in [0.15, 0.2) is 0 Å². The third kappa shape index (κ3) is 2.96. The van der Waals surface area contributed by atoms with E-state index in [1.54, 1.807) is 6.92 Å². The third-order valence-corrected chi connectivity index (χ3v) is 3.83. The van der Waals surface area contributed by atoms with Crippen LogP contribution in [0.3, 0.4) is 0 Å². The highest BCUT2D eigenvalue weighted by Crippen LogP contribution is 2.24. The predicted octanol–water partition coefficient (Wildman–Crippen LogP) is 1.26. The molecule has 2 N–H and O–H groups in total. The largest absolute Gasteiger partial charge is 0.480 e. The summed E-state index contributed by atoms with van der Waals surface area (Å²) in [5.41, 5.74) is -0.976. The molecule has 6 heteroatoms. The van der Waals surface area contributed by atoms with Crippen molar-refractivity contribution in [2.45, 2.75) is 18.9 Å². The molecular weight excluding hydrogens is 266 g/mol. The van der Waals surface area contributed by atoms with Crippen molar-refractivity contribution in [3.8, 4) is 0 Å². The molecule has 0 saturated carbocycles. The number of hydrogen-bond acceptors (Lipinski definition) is 3. The maximum Gasteiger partial charge on any atom is 0.324 e. The Morgan fingerprint density at radius 1 is 1.40 bits per heavy atom. The van der Waals surface area contributed by atoms with Crippen molar-refractivity contribution in [2.24, 2.45) is 0 Å². The van der Waals surface area contributed by atoms with E-state index < -0.39 is 23.1 Å². The molecular formula is C14H18F2N2O2. The lowest BCUT2D eigenvalue weighted by molar-refractivity contribution is -0.151. The number of rotatable bonds is 4. The molecule has 0 aromatic heterocycles. The van der Waals surface area contributed by atoms with E-state index in [4.69, 9.17) is 0 Å². The number of nitrogens with one attached hydrogen (secondary N) is 1. The number of benzene rings is 1. The first-order chi connectivity index (χ1) is 9.43. The average Bonchev–Trinajstić information content (AvgIpc) is 2.42. The van der Waals surface area contributed by atoms with Crippen LogP contribution in [0, 0.1) is 11.6 Å². The van der Waals surface area contributed by atoms with Gasteiger partial charge in [0, 0.05) is 38.7 Å². The van der Waals surface area contributed by atoms with E-state index in [9.17, 15) is 18.7 Å². The first kappa shape index (κ1) is 14.9. The lowest BCUT2D eigenvalue weighted by Crippen LogP contribution is -2.59. The van der Waals surface area contributed by atoms with Crippen LogP contribution in [0.1, 0.15) is 12.5 Å². The number of aliphatic carboxylic acids is 1. The minimum absolute atomic E-state index is 0.00838. The van der Waals surface area contributed by atoms with Crippen LogP contribution in [-0.2, 0) is 11.2 Å². The normalized spacial score (nSPS) is 19.6. The molecule has 1 heterocycles. The minimum atomic E-state index is -1.19. The zero-order valence-corrected chi connectivity index (χ0v) is 11.3. The SMILES string of the molecule is CC(Cc1ccc(F)cc1F)(C(=O)O)N1CCNCC1. The van der Waals surface area contributed by atoms with Gasteiger partial charge in [-0.3, -0.25) is 9.69 Å². The van der Waals surface area contributed by atoms with Crippen LogP contribution in [0.25, 0.3) is 0 Å². The van der Waals surface area contributed by atoms with Crippen LogP contribution < -0.4 is 5.32 Å². The summed E-state index contributed by atoms with van der Waals surface area (Å²) in [5, 5.41) is 12.7. The standard InChI is InChI=1S/C14H18F2N2O2/c1-14(13(19)20,18-6-4-17-5-7-18)9-10-2-3-11(15)8-12(10)16/h2-3,8,17H,4-7,9H2,1H3,(H,19,20). The van der Waals surface area contributed by atoms with E-state index >= 15 is 0 Å². The number of piperazine rings is 1. The highest BCUT2D eigenvalue weighted by molar-refractivity contribution is 5.78. The Morgan fingerprint density at radius 3 is 2.60 bits per heavy atom. The Hall–Kier alpha value is -1.53. The maximum absolute atomic E-state index is 13.7. The summed E-state index contributed by atoms with van der Waals surface area (Å²) in [6.07, 6.45) is 0.00838. The van der Waals surface area contributed by atoms with Crippen LogP contribution in [0.4, 0.5) is 8.78 Å². The van der Waals surface area contributed by atoms with Crippen molar-refractivity contribution in [3.05, 3.63) is 35.4 Å². The molecule has 0 amide bonds. The van der Waals surface area contributed by atoms with E-state index in [0.717, 1.165) is 12.1 Å². The van der Waals surface area contributed by atoms with Crippen LogP contribution in [0.5, 0.6) is 0 Å². The smallest absolute Gasteiger partial charge is 0.324 e. The second-order valence-corrected chi connectivity index (χ2v) is 5.23. The summed E-state index contributed by atoms with van der Waals surface area (Å²) in [5.74, 6) is -2.36. The van der Waals surface area contributed by atoms with Gasteiger partial charge >= 0.3 is 5.97 Å². The highest BCUT2D eigenvalue weighted by atomic mass is 19.1. The van der Waals surface area contributed by atoms with Gasteiger partial charge < -0.3 is 10.4 Å². The molecule has 1 aromatic rings. The first-order valence-electron chi connectivity index (χ1n) is 6.56. The fraction of sp³-hybridized carbons (Fsp3) is 0.500. The zero-order valence-electron chi connectivity index (χ0n) is 11.3. The molecule has 1 saturated heterocycles. The Bertz CT molecular complexity index is 504. The minimum Gasteiger partial charge on any atom is -0.480 e. The molecule has 0 spiro atoms. The molecule has 110 valence electrons. The molecule has 0 bridgehead atoms. The van der Waals surface area contributed by atoms with E-state index in [1.165, 1.54) is 6.07 Å². The molecule has 2 rings (SSSR count). The molecule has 0 aliphatic carbocycles. The lowest BCUT2D eigenvalue weighted by Gasteiger charge is -2.40. The quantitative estimate of drug-likeness (QED) is 0.874. The Kier molecular flexibility index (Phi) is 4.35. The van der Waals surface area contributed by atoms with Crippen LogP contribution in [0.15, 0.2) is 18.2 Å². The van der Waals surface area contributed by atoms with Gasteiger partial charge in [-0.05, 0) is 18.6 Å². The molecule has 20 heavy (non-hydrogen) atoms. The summed E-state index contributed by atoms with van der Waals surface area (Å²) < 4.78 is 26.7. The van der Waals surface area contributed by atoms with Crippen LogP contribution >= 0.6 is 0 Å². The van der Waals surface area contributed by atoms with Gasteiger partial charge in [0.25, 0.3) is 0 Å². The van der Waals surface area contributed by atoms with Gasteiger partial charge in [-0.1, -0.05) is 6.07 Å². The Morgan fingerprint density at radius 2 is 2.05 bits per heavy atom. The average molecular weight is 284 g/mol.